The first-order valence-corrected chi connectivity index (χ1v) is 9.98. The highest BCUT2D eigenvalue weighted by Gasteiger charge is 2.17. The first-order chi connectivity index (χ1) is 11.5. The van der Waals surface area contributed by atoms with Crippen molar-refractivity contribution < 1.29 is 8.42 Å². The van der Waals surface area contributed by atoms with Gasteiger partial charge in [0.05, 0.1) is 6.26 Å². The molecule has 0 bridgehead atoms. The number of benzene rings is 2. The summed E-state index contributed by atoms with van der Waals surface area (Å²) < 4.78 is 25.0. The van der Waals surface area contributed by atoms with Crippen molar-refractivity contribution in [2.75, 3.05) is 42.1 Å². The largest absolute Gasteiger partial charge is 0.369 e. The molecule has 1 aliphatic heterocycles. The second-order valence-electron chi connectivity index (χ2n) is 6.17. The second kappa shape index (κ2) is 7.23. The molecule has 1 heterocycles. The van der Waals surface area contributed by atoms with Crippen molar-refractivity contribution in [1.29, 1.82) is 0 Å². The molecule has 0 saturated carbocycles. The number of nitrogens with zero attached hydrogens (tertiary/aromatic N) is 2. The van der Waals surface area contributed by atoms with Crippen LogP contribution in [0.4, 0.5) is 11.4 Å². The molecule has 6 heteroatoms. The quantitative estimate of drug-likeness (QED) is 0.904. The fourth-order valence-electron chi connectivity index (χ4n) is 2.96. The Hall–Kier alpha value is -2.05. The maximum Gasteiger partial charge on any atom is 0.229 e. The Labute approximate surface area is 144 Å². The predicted octanol–water partition coefficient (Wildman–Crippen LogP) is 2.38. The molecule has 1 N–H and O–H groups in total. The summed E-state index contributed by atoms with van der Waals surface area (Å²) in [6.07, 6.45) is 1.16. The number of hydrogen-bond donors (Lipinski definition) is 1. The van der Waals surface area contributed by atoms with Gasteiger partial charge in [-0.25, -0.2) is 8.42 Å². The van der Waals surface area contributed by atoms with E-state index in [9.17, 15) is 8.42 Å². The van der Waals surface area contributed by atoms with Gasteiger partial charge in [-0.2, -0.15) is 0 Å². The fourth-order valence-corrected chi connectivity index (χ4v) is 3.52. The smallest absolute Gasteiger partial charge is 0.229 e. The van der Waals surface area contributed by atoms with Gasteiger partial charge in [-0.15, -0.1) is 0 Å². The van der Waals surface area contributed by atoms with Crippen LogP contribution in [0.3, 0.4) is 0 Å². The van der Waals surface area contributed by atoms with Crippen molar-refractivity contribution in [1.82, 2.24) is 4.90 Å². The Balaban J connectivity index is 1.54. The second-order valence-corrected chi connectivity index (χ2v) is 7.92. The number of rotatable bonds is 5. The molecule has 1 fully saturated rings. The average Bonchev–Trinajstić information content (AvgIpc) is 2.56. The molecule has 1 aliphatic rings. The number of sulfonamides is 1. The SMILES string of the molecule is CS(=O)(=O)Nc1ccc(N2CCN(Cc3ccccc3)CC2)cc1. The summed E-state index contributed by atoms with van der Waals surface area (Å²) in [6.45, 7) is 5.00. The van der Waals surface area contributed by atoms with E-state index in [1.165, 1.54) is 5.56 Å². The van der Waals surface area contributed by atoms with Crippen molar-refractivity contribution >= 4 is 21.4 Å². The first-order valence-electron chi connectivity index (χ1n) is 8.09. The van der Waals surface area contributed by atoms with E-state index in [0.29, 0.717) is 5.69 Å². The van der Waals surface area contributed by atoms with Gasteiger partial charge >= 0.3 is 0 Å². The van der Waals surface area contributed by atoms with Crippen LogP contribution in [0.2, 0.25) is 0 Å². The molecule has 0 aromatic heterocycles. The minimum atomic E-state index is -3.22. The third-order valence-electron chi connectivity index (χ3n) is 4.16. The molecule has 0 unspecified atom stereocenters. The lowest BCUT2D eigenvalue weighted by molar-refractivity contribution is 0.250. The van der Waals surface area contributed by atoms with E-state index >= 15 is 0 Å². The Morgan fingerprint density at radius 3 is 2.12 bits per heavy atom. The fraction of sp³-hybridized carbons (Fsp3) is 0.333. The van der Waals surface area contributed by atoms with E-state index in [2.05, 4.69) is 38.8 Å². The topological polar surface area (TPSA) is 52.7 Å². The molecule has 2 aromatic carbocycles. The zero-order valence-electron chi connectivity index (χ0n) is 13.9. The normalized spacial score (nSPS) is 16.1. The van der Waals surface area contributed by atoms with Crippen LogP contribution in [-0.4, -0.2) is 45.8 Å². The lowest BCUT2D eigenvalue weighted by Crippen LogP contribution is -2.45. The summed E-state index contributed by atoms with van der Waals surface area (Å²) in [7, 11) is -3.22. The molecule has 128 valence electrons. The molecule has 0 radical (unpaired) electrons. The lowest BCUT2D eigenvalue weighted by atomic mass is 10.2. The van der Waals surface area contributed by atoms with E-state index in [-0.39, 0.29) is 0 Å². The maximum atomic E-state index is 11.2. The number of piperazine rings is 1. The zero-order chi connectivity index (χ0) is 17.0. The van der Waals surface area contributed by atoms with Gasteiger partial charge in [0.1, 0.15) is 0 Å². The van der Waals surface area contributed by atoms with Crippen molar-refractivity contribution in [2.45, 2.75) is 6.54 Å². The van der Waals surface area contributed by atoms with Crippen LogP contribution in [0.5, 0.6) is 0 Å². The van der Waals surface area contributed by atoms with Crippen LogP contribution in [0.1, 0.15) is 5.56 Å². The maximum absolute atomic E-state index is 11.2. The van der Waals surface area contributed by atoms with E-state index in [1.807, 2.05) is 30.3 Å². The molecule has 0 amide bonds. The van der Waals surface area contributed by atoms with Gasteiger partial charge in [-0.1, -0.05) is 30.3 Å². The van der Waals surface area contributed by atoms with Gasteiger partial charge in [0.15, 0.2) is 0 Å². The molecule has 0 aliphatic carbocycles. The van der Waals surface area contributed by atoms with E-state index in [1.54, 1.807) is 0 Å². The number of anilines is 2. The monoisotopic (exact) mass is 345 g/mol. The zero-order valence-corrected chi connectivity index (χ0v) is 14.7. The van der Waals surface area contributed by atoms with Crippen molar-refractivity contribution in [3.63, 3.8) is 0 Å². The molecule has 0 spiro atoms. The summed E-state index contributed by atoms with van der Waals surface area (Å²) in [5.41, 5.74) is 3.08. The Bertz CT molecular complexity index is 753. The number of nitrogens with one attached hydrogen (secondary N) is 1. The van der Waals surface area contributed by atoms with Crippen molar-refractivity contribution in [2.24, 2.45) is 0 Å². The van der Waals surface area contributed by atoms with Crippen molar-refractivity contribution in [3.8, 4) is 0 Å². The van der Waals surface area contributed by atoms with Crippen LogP contribution in [0.15, 0.2) is 54.6 Å². The van der Waals surface area contributed by atoms with Crippen LogP contribution in [0, 0.1) is 0 Å². The van der Waals surface area contributed by atoms with E-state index in [0.717, 1.165) is 44.7 Å². The summed E-state index contributed by atoms with van der Waals surface area (Å²) in [5.74, 6) is 0. The van der Waals surface area contributed by atoms with E-state index < -0.39 is 10.0 Å². The summed E-state index contributed by atoms with van der Waals surface area (Å²) in [6, 6.07) is 18.1. The van der Waals surface area contributed by atoms with Crippen LogP contribution < -0.4 is 9.62 Å². The molecule has 2 aromatic rings. The third kappa shape index (κ3) is 4.72. The molecular weight excluding hydrogens is 322 g/mol. The number of hydrogen-bond acceptors (Lipinski definition) is 4. The van der Waals surface area contributed by atoms with Gasteiger partial charge in [-0.3, -0.25) is 9.62 Å². The Morgan fingerprint density at radius 1 is 0.917 bits per heavy atom. The summed E-state index contributed by atoms with van der Waals surface area (Å²) in [5, 5.41) is 0. The minimum Gasteiger partial charge on any atom is -0.369 e. The van der Waals surface area contributed by atoms with Crippen LogP contribution >= 0.6 is 0 Å². The minimum absolute atomic E-state index is 0.601. The predicted molar refractivity (Wildman–Crippen MR) is 98.8 cm³/mol. The molecular formula is C18H23N3O2S. The highest BCUT2D eigenvalue weighted by atomic mass is 32.2. The molecule has 3 rings (SSSR count). The average molecular weight is 345 g/mol. The molecule has 5 nitrogen and oxygen atoms in total. The Kier molecular flexibility index (Phi) is 5.06. The standard InChI is InChI=1S/C18H23N3O2S/c1-24(22,23)19-17-7-9-18(10-8-17)21-13-11-20(12-14-21)15-16-5-3-2-4-6-16/h2-10,19H,11-15H2,1H3. The van der Waals surface area contributed by atoms with Gasteiger partial charge in [0.2, 0.25) is 10.0 Å². The van der Waals surface area contributed by atoms with Gasteiger partial charge < -0.3 is 4.90 Å². The lowest BCUT2D eigenvalue weighted by Gasteiger charge is -2.36. The van der Waals surface area contributed by atoms with E-state index in [4.69, 9.17) is 0 Å². The van der Waals surface area contributed by atoms with Gasteiger partial charge in [-0.05, 0) is 29.8 Å². The Morgan fingerprint density at radius 2 is 1.54 bits per heavy atom. The van der Waals surface area contributed by atoms with Crippen molar-refractivity contribution in [3.05, 3.63) is 60.2 Å². The highest BCUT2D eigenvalue weighted by molar-refractivity contribution is 7.92. The van der Waals surface area contributed by atoms with Crippen LogP contribution in [-0.2, 0) is 16.6 Å². The van der Waals surface area contributed by atoms with Gasteiger partial charge in [0, 0.05) is 44.1 Å². The summed E-state index contributed by atoms with van der Waals surface area (Å²) >= 11 is 0. The van der Waals surface area contributed by atoms with Gasteiger partial charge in [0.25, 0.3) is 0 Å². The molecule has 1 saturated heterocycles. The third-order valence-corrected chi connectivity index (χ3v) is 4.76. The van der Waals surface area contributed by atoms with Crippen LogP contribution in [0.25, 0.3) is 0 Å². The first kappa shape index (κ1) is 16.8. The molecule has 24 heavy (non-hydrogen) atoms. The highest BCUT2D eigenvalue weighted by Crippen LogP contribution is 2.20. The summed E-state index contributed by atoms with van der Waals surface area (Å²) in [4.78, 5) is 4.80. The molecule has 0 atom stereocenters.